The maximum Gasteiger partial charge on any atom is 0.254 e. The molecule has 3 rings (SSSR count). The van der Waals surface area contributed by atoms with E-state index in [9.17, 15) is 9.59 Å². The van der Waals surface area contributed by atoms with Crippen LogP contribution in [0.25, 0.3) is 11.5 Å². The minimum absolute atomic E-state index is 0.121. The zero-order valence-corrected chi connectivity index (χ0v) is 15.7. The van der Waals surface area contributed by atoms with E-state index < -0.39 is 0 Å². The quantitative estimate of drug-likeness (QED) is 0.699. The van der Waals surface area contributed by atoms with E-state index >= 15 is 0 Å². The predicted molar refractivity (Wildman–Crippen MR) is 102 cm³/mol. The summed E-state index contributed by atoms with van der Waals surface area (Å²) < 4.78 is 5.10. The highest BCUT2D eigenvalue weighted by molar-refractivity contribution is 6.42. The Balaban J connectivity index is 1.61. The summed E-state index contributed by atoms with van der Waals surface area (Å²) in [6, 6.07) is 11.4. The number of hydrogen-bond donors (Lipinski definition) is 1. The molecular weight excluding hydrogens is 391 g/mol. The van der Waals surface area contributed by atoms with Crippen LogP contribution in [0.2, 0.25) is 10.0 Å². The number of anilines is 1. The largest absolute Gasteiger partial charge is 0.423 e. The molecule has 0 unspecified atom stereocenters. The number of carbonyl (C=O) groups is 2. The minimum atomic E-state index is -0.355. The first-order chi connectivity index (χ1) is 12.9. The van der Waals surface area contributed by atoms with Crippen LogP contribution in [0, 0.1) is 0 Å². The van der Waals surface area contributed by atoms with Crippen molar-refractivity contribution in [2.75, 3.05) is 18.9 Å². The number of amides is 2. The van der Waals surface area contributed by atoms with Gasteiger partial charge in [-0.25, -0.2) is 0 Å². The zero-order valence-electron chi connectivity index (χ0n) is 14.1. The summed E-state index contributed by atoms with van der Waals surface area (Å²) in [5, 5.41) is 10.8. The van der Waals surface area contributed by atoms with Gasteiger partial charge in [0.05, 0.1) is 16.6 Å². The van der Waals surface area contributed by atoms with Crippen LogP contribution in [0.1, 0.15) is 10.4 Å². The summed E-state index contributed by atoms with van der Waals surface area (Å²) in [5.41, 5.74) is 1.63. The predicted octanol–water partition coefficient (Wildman–Crippen LogP) is 3.75. The van der Waals surface area contributed by atoms with Gasteiger partial charge in [-0.15, -0.1) is 10.2 Å². The molecule has 27 heavy (non-hydrogen) atoms. The van der Waals surface area contributed by atoms with Crippen LogP contribution in [0.5, 0.6) is 0 Å². The van der Waals surface area contributed by atoms with E-state index in [0.717, 1.165) is 0 Å². The van der Waals surface area contributed by atoms with Crippen molar-refractivity contribution in [3.8, 4) is 11.5 Å². The molecule has 7 nitrogen and oxygen atoms in total. The molecule has 0 saturated heterocycles. The van der Waals surface area contributed by atoms with Crippen molar-refractivity contribution in [2.45, 2.75) is 0 Å². The second kappa shape index (κ2) is 8.20. The maximum absolute atomic E-state index is 12.5. The molecule has 0 aliphatic carbocycles. The summed E-state index contributed by atoms with van der Waals surface area (Å²) in [7, 11) is 1.54. The van der Waals surface area contributed by atoms with E-state index in [1.807, 2.05) is 0 Å². The first kappa shape index (κ1) is 18.9. The third kappa shape index (κ3) is 4.64. The fourth-order valence-corrected chi connectivity index (χ4v) is 2.63. The molecule has 9 heteroatoms. The first-order valence-corrected chi connectivity index (χ1v) is 8.56. The van der Waals surface area contributed by atoms with Crippen LogP contribution in [-0.2, 0) is 4.79 Å². The van der Waals surface area contributed by atoms with Gasteiger partial charge in [-0.2, -0.15) is 0 Å². The molecule has 0 fully saturated rings. The number of nitrogens with zero attached hydrogens (tertiary/aromatic N) is 3. The number of benzene rings is 2. The Morgan fingerprint density at radius 1 is 1.11 bits per heavy atom. The first-order valence-electron chi connectivity index (χ1n) is 7.81. The number of halogens is 2. The molecule has 3 aromatic rings. The highest BCUT2D eigenvalue weighted by Crippen LogP contribution is 2.25. The molecule has 0 bridgehead atoms. The second-order valence-corrected chi connectivity index (χ2v) is 6.47. The Morgan fingerprint density at radius 3 is 2.48 bits per heavy atom. The van der Waals surface area contributed by atoms with E-state index in [1.54, 1.807) is 49.5 Å². The molecule has 0 atom stereocenters. The topological polar surface area (TPSA) is 88.3 Å². The van der Waals surface area contributed by atoms with Crippen molar-refractivity contribution in [1.82, 2.24) is 15.1 Å². The van der Waals surface area contributed by atoms with Crippen LogP contribution in [-0.4, -0.2) is 40.5 Å². The molecule has 0 aliphatic heterocycles. The van der Waals surface area contributed by atoms with Crippen LogP contribution in [0.4, 0.5) is 5.69 Å². The van der Waals surface area contributed by atoms with Crippen molar-refractivity contribution < 1.29 is 14.0 Å². The normalized spacial score (nSPS) is 10.5. The van der Waals surface area contributed by atoms with Crippen molar-refractivity contribution in [1.29, 1.82) is 0 Å². The molecule has 0 radical (unpaired) electrons. The molecule has 138 valence electrons. The molecule has 0 spiro atoms. The monoisotopic (exact) mass is 404 g/mol. The van der Waals surface area contributed by atoms with Gasteiger partial charge in [-0.3, -0.25) is 9.59 Å². The number of hydrogen-bond acceptors (Lipinski definition) is 5. The average Bonchev–Trinajstić information content (AvgIpc) is 3.19. The van der Waals surface area contributed by atoms with Crippen LogP contribution < -0.4 is 5.32 Å². The van der Waals surface area contributed by atoms with Gasteiger partial charge in [0.15, 0.2) is 0 Å². The zero-order chi connectivity index (χ0) is 19.4. The number of carbonyl (C=O) groups excluding carboxylic acids is 2. The standard InChI is InChI=1S/C18H14Cl2N4O3/c1-24(9-16(25)22-13-6-7-14(19)15(20)8-13)18(26)12-4-2-11(3-5-12)17-23-21-10-27-17/h2-8,10H,9H2,1H3,(H,22,25). The van der Waals surface area contributed by atoms with Crippen LogP contribution in [0.3, 0.4) is 0 Å². The fourth-order valence-electron chi connectivity index (χ4n) is 2.34. The van der Waals surface area contributed by atoms with E-state index in [2.05, 4.69) is 15.5 Å². The third-order valence-electron chi connectivity index (χ3n) is 3.67. The molecule has 0 aliphatic rings. The Hall–Kier alpha value is -2.90. The lowest BCUT2D eigenvalue weighted by atomic mass is 10.1. The lowest BCUT2D eigenvalue weighted by Gasteiger charge is -2.17. The highest BCUT2D eigenvalue weighted by atomic mass is 35.5. The Morgan fingerprint density at radius 2 is 1.85 bits per heavy atom. The van der Waals surface area contributed by atoms with Crippen LogP contribution in [0.15, 0.2) is 53.3 Å². The molecular formula is C18H14Cl2N4O3. The molecule has 2 amide bonds. The third-order valence-corrected chi connectivity index (χ3v) is 4.41. The van der Waals surface area contributed by atoms with Gasteiger partial charge >= 0.3 is 0 Å². The average molecular weight is 405 g/mol. The Labute approximate surface area is 164 Å². The van der Waals surface area contributed by atoms with Gasteiger partial charge in [0.25, 0.3) is 5.91 Å². The molecule has 1 aromatic heterocycles. The van der Waals surface area contributed by atoms with Gasteiger partial charge in [-0.05, 0) is 42.5 Å². The van der Waals surface area contributed by atoms with Gasteiger partial charge in [0.2, 0.25) is 18.2 Å². The number of nitrogens with one attached hydrogen (secondary N) is 1. The molecule has 0 saturated carbocycles. The maximum atomic E-state index is 12.5. The molecule has 1 heterocycles. The second-order valence-electron chi connectivity index (χ2n) is 5.66. The van der Waals surface area contributed by atoms with Gasteiger partial charge in [0.1, 0.15) is 0 Å². The number of rotatable bonds is 5. The molecule has 2 aromatic carbocycles. The van der Waals surface area contributed by atoms with Crippen molar-refractivity contribution in [2.24, 2.45) is 0 Å². The SMILES string of the molecule is CN(CC(=O)Nc1ccc(Cl)c(Cl)c1)C(=O)c1ccc(-c2nnco2)cc1. The Kier molecular flexibility index (Phi) is 5.73. The highest BCUT2D eigenvalue weighted by Gasteiger charge is 2.16. The summed E-state index contributed by atoms with van der Waals surface area (Å²) >= 11 is 11.8. The smallest absolute Gasteiger partial charge is 0.254 e. The number of aromatic nitrogens is 2. The van der Waals surface area contributed by atoms with Crippen LogP contribution >= 0.6 is 23.2 Å². The lowest BCUT2D eigenvalue weighted by Crippen LogP contribution is -2.34. The van der Waals surface area contributed by atoms with Gasteiger partial charge in [-0.1, -0.05) is 23.2 Å². The van der Waals surface area contributed by atoms with E-state index in [-0.39, 0.29) is 18.4 Å². The van der Waals surface area contributed by atoms with E-state index in [1.165, 1.54) is 11.3 Å². The summed E-state index contributed by atoms with van der Waals surface area (Å²) in [5.74, 6) is -0.286. The summed E-state index contributed by atoms with van der Waals surface area (Å²) in [6.45, 7) is -0.121. The minimum Gasteiger partial charge on any atom is -0.423 e. The number of likely N-dealkylation sites (N-methyl/N-ethyl adjacent to an activating group) is 1. The summed E-state index contributed by atoms with van der Waals surface area (Å²) in [6.07, 6.45) is 1.23. The van der Waals surface area contributed by atoms with Crippen molar-refractivity contribution in [3.63, 3.8) is 0 Å². The Bertz CT molecular complexity index is 959. The van der Waals surface area contributed by atoms with Crippen molar-refractivity contribution >= 4 is 40.7 Å². The van der Waals surface area contributed by atoms with Gasteiger partial charge < -0.3 is 14.6 Å². The van der Waals surface area contributed by atoms with E-state index in [0.29, 0.717) is 32.8 Å². The fraction of sp³-hybridized carbons (Fsp3) is 0.111. The molecule has 1 N–H and O–H groups in total. The lowest BCUT2D eigenvalue weighted by molar-refractivity contribution is -0.116. The summed E-state index contributed by atoms with van der Waals surface area (Å²) in [4.78, 5) is 26.0. The van der Waals surface area contributed by atoms with E-state index in [4.69, 9.17) is 27.6 Å². The van der Waals surface area contributed by atoms with Crippen molar-refractivity contribution in [3.05, 3.63) is 64.5 Å². The van der Waals surface area contributed by atoms with Gasteiger partial charge in [0, 0.05) is 23.9 Å².